The van der Waals surface area contributed by atoms with Crippen LogP contribution in [0.15, 0.2) is 18.2 Å². The summed E-state index contributed by atoms with van der Waals surface area (Å²) >= 11 is 5.61. The molecule has 1 aromatic carbocycles. The molecule has 1 aromatic rings. The van der Waals surface area contributed by atoms with Gasteiger partial charge in [-0.3, -0.25) is 0 Å². The lowest BCUT2D eigenvalue weighted by Gasteiger charge is -2.08. The van der Waals surface area contributed by atoms with Crippen molar-refractivity contribution in [2.24, 2.45) is 11.5 Å². The zero-order valence-electron chi connectivity index (χ0n) is 6.43. The van der Waals surface area contributed by atoms with Crippen LogP contribution in [0.2, 0.25) is 5.02 Å². The molecule has 0 fully saturated rings. The van der Waals surface area contributed by atoms with E-state index in [1.54, 1.807) is 6.07 Å². The molecule has 0 aliphatic rings. The fourth-order valence-electron chi connectivity index (χ4n) is 0.925. The average Bonchev–Trinajstić information content (AvgIpc) is 2.01. The molecule has 0 radical (unpaired) electrons. The van der Waals surface area contributed by atoms with E-state index in [4.69, 9.17) is 23.1 Å². The predicted molar refractivity (Wildman–Crippen MR) is 47.4 cm³/mol. The van der Waals surface area contributed by atoms with Crippen molar-refractivity contribution in [2.45, 2.75) is 6.04 Å². The highest BCUT2D eigenvalue weighted by Gasteiger charge is 2.05. The van der Waals surface area contributed by atoms with Gasteiger partial charge in [0.25, 0.3) is 0 Å². The molecular formula is C8H10ClFN2. The molecule has 0 heterocycles. The lowest BCUT2D eigenvalue weighted by molar-refractivity contribution is 0.620. The topological polar surface area (TPSA) is 52.0 Å². The van der Waals surface area contributed by atoms with Crippen LogP contribution in [0.1, 0.15) is 11.6 Å². The highest BCUT2D eigenvalue weighted by atomic mass is 35.5. The van der Waals surface area contributed by atoms with E-state index in [2.05, 4.69) is 0 Å². The Labute approximate surface area is 75.3 Å². The molecule has 66 valence electrons. The molecule has 4 N–H and O–H groups in total. The van der Waals surface area contributed by atoms with Gasteiger partial charge in [-0.25, -0.2) is 4.39 Å². The van der Waals surface area contributed by atoms with Gasteiger partial charge in [0.2, 0.25) is 0 Å². The summed E-state index contributed by atoms with van der Waals surface area (Å²) in [5.74, 6) is -0.388. The van der Waals surface area contributed by atoms with Gasteiger partial charge in [0.05, 0.1) is 0 Å². The zero-order valence-corrected chi connectivity index (χ0v) is 7.18. The van der Waals surface area contributed by atoms with Gasteiger partial charge < -0.3 is 11.5 Å². The molecule has 0 aliphatic heterocycles. The highest BCUT2D eigenvalue weighted by Crippen LogP contribution is 2.17. The van der Waals surface area contributed by atoms with Crippen LogP contribution in [0.4, 0.5) is 4.39 Å². The summed E-state index contributed by atoms with van der Waals surface area (Å²) in [6.07, 6.45) is 0. The Kier molecular flexibility index (Phi) is 3.03. The normalized spacial score (nSPS) is 13.0. The second-order valence-corrected chi connectivity index (χ2v) is 2.98. The molecule has 0 aliphatic carbocycles. The van der Waals surface area contributed by atoms with Crippen LogP contribution in [0.25, 0.3) is 0 Å². The summed E-state index contributed by atoms with van der Waals surface area (Å²) in [6.45, 7) is 0.278. The average molecular weight is 189 g/mol. The molecule has 0 saturated carbocycles. The van der Waals surface area contributed by atoms with Gasteiger partial charge in [-0.15, -0.1) is 0 Å². The highest BCUT2D eigenvalue weighted by molar-refractivity contribution is 6.30. The molecule has 1 rings (SSSR count). The van der Waals surface area contributed by atoms with E-state index in [1.807, 2.05) is 0 Å². The van der Waals surface area contributed by atoms with Crippen LogP contribution < -0.4 is 11.5 Å². The molecule has 0 saturated heterocycles. The third-order valence-electron chi connectivity index (χ3n) is 1.57. The molecular weight excluding hydrogens is 179 g/mol. The minimum absolute atomic E-state index is 0.278. The minimum atomic E-state index is -0.388. The van der Waals surface area contributed by atoms with Crippen molar-refractivity contribution in [1.82, 2.24) is 0 Å². The third kappa shape index (κ3) is 2.17. The molecule has 1 atom stereocenters. The van der Waals surface area contributed by atoms with Gasteiger partial charge in [0.1, 0.15) is 5.82 Å². The predicted octanol–water partition coefficient (Wildman–Crippen LogP) is 1.44. The van der Waals surface area contributed by atoms with Gasteiger partial charge in [-0.05, 0) is 23.8 Å². The van der Waals surface area contributed by atoms with Crippen molar-refractivity contribution in [3.05, 3.63) is 34.6 Å². The SMILES string of the molecule is NC[C@H](N)c1cc(F)cc(Cl)c1. The summed E-state index contributed by atoms with van der Waals surface area (Å²) in [5.41, 5.74) is 11.5. The van der Waals surface area contributed by atoms with Gasteiger partial charge >= 0.3 is 0 Å². The number of nitrogens with two attached hydrogens (primary N) is 2. The molecule has 0 spiro atoms. The lowest BCUT2D eigenvalue weighted by atomic mass is 10.1. The summed E-state index contributed by atoms with van der Waals surface area (Å²) in [5, 5.41) is 0.342. The fraction of sp³-hybridized carbons (Fsp3) is 0.250. The van der Waals surface area contributed by atoms with Crippen LogP contribution in [0, 0.1) is 5.82 Å². The monoisotopic (exact) mass is 188 g/mol. The van der Waals surface area contributed by atoms with Gasteiger partial charge in [-0.1, -0.05) is 11.6 Å². The molecule has 12 heavy (non-hydrogen) atoms. The summed E-state index contributed by atoms with van der Waals surface area (Å²) in [6, 6.07) is 3.83. The summed E-state index contributed by atoms with van der Waals surface area (Å²) in [7, 11) is 0. The quantitative estimate of drug-likeness (QED) is 0.738. The maximum absolute atomic E-state index is 12.7. The number of rotatable bonds is 2. The number of halogens is 2. The van der Waals surface area contributed by atoms with Crippen molar-refractivity contribution < 1.29 is 4.39 Å². The molecule has 0 unspecified atom stereocenters. The van der Waals surface area contributed by atoms with Crippen LogP contribution >= 0.6 is 11.6 Å². The third-order valence-corrected chi connectivity index (χ3v) is 1.79. The van der Waals surface area contributed by atoms with Crippen molar-refractivity contribution in [3.8, 4) is 0 Å². The number of hydrogen-bond acceptors (Lipinski definition) is 2. The van der Waals surface area contributed by atoms with E-state index >= 15 is 0 Å². The first kappa shape index (κ1) is 9.45. The Bertz CT molecular complexity index is 258. The van der Waals surface area contributed by atoms with Crippen LogP contribution in [-0.2, 0) is 0 Å². The molecule has 0 bridgehead atoms. The van der Waals surface area contributed by atoms with E-state index in [9.17, 15) is 4.39 Å². The van der Waals surface area contributed by atoms with Gasteiger partial charge in [0, 0.05) is 17.6 Å². The Morgan fingerprint density at radius 2 is 2.08 bits per heavy atom. The van der Waals surface area contributed by atoms with Crippen LogP contribution in [-0.4, -0.2) is 6.54 Å². The van der Waals surface area contributed by atoms with E-state index in [0.29, 0.717) is 10.6 Å². The Morgan fingerprint density at radius 1 is 1.42 bits per heavy atom. The van der Waals surface area contributed by atoms with Crippen molar-refractivity contribution in [2.75, 3.05) is 6.54 Å². The van der Waals surface area contributed by atoms with E-state index in [0.717, 1.165) is 0 Å². The second-order valence-electron chi connectivity index (χ2n) is 2.54. The van der Waals surface area contributed by atoms with Crippen molar-refractivity contribution >= 4 is 11.6 Å². The van der Waals surface area contributed by atoms with Gasteiger partial charge in [-0.2, -0.15) is 0 Å². The van der Waals surface area contributed by atoms with E-state index in [-0.39, 0.29) is 18.4 Å². The smallest absolute Gasteiger partial charge is 0.125 e. The Morgan fingerprint density at radius 3 is 2.58 bits per heavy atom. The molecule has 2 nitrogen and oxygen atoms in total. The summed E-state index contributed by atoms with van der Waals surface area (Å²) in [4.78, 5) is 0. The van der Waals surface area contributed by atoms with Crippen molar-refractivity contribution in [3.63, 3.8) is 0 Å². The number of benzene rings is 1. The molecule has 0 amide bonds. The Balaban J connectivity index is 3.00. The van der Waals surface area contributed by atoms with Crippen LogP contribution in [0.5, 0.6) is 0 Å². The number of hydrogen-bond donors (Lipinski definition) is 2. The van der Waals surface area contributed by atoms with Crippen molar-refractivity contribution in [1.29, 1.82) is 0 Å². The first-order valence-electron chi connectivity index (χ1n) is 3.55. The maximum Gasteiger partial charge on any atom is 0.125 e. The van der Waals surface area contributed by atoms with E-state index in [1.165, 1.54) is 12.1 Å². The fourth-order valence-corrected chi connectivity index (χ4v) is 1.16. The Hall–Kier alpha value is -0.640. The standard InChI is InChI=1S/C8H10ClFN2/c9-6-1-5(8(12)4-11)2-7(10)3-6/h1-3,8H,4,11-12H2/t8-/m0/s1. The summed E-state index contributed by atoms with van der Waals surface area (Å²) < 4.78 is 12.7. The first-order valence-corrected chi connectivity index (χ1v) is 3.93. The molecule has 4 heteroatoms. The minimum Gasteiger partial charge on any atom is -0.329 e. The largest absolute Gasteiger partial charge is 0.329 e. The van der Waals surface area contributed by atoms with E-state index < -0.39 is 0 Å². The maximum atomic E-state index is 12.7. The zero-order chi connectivity index (χ0) is 9.14. The van der Waals surface area contributed by atoms with Gasteiger partial charge in [0.15, 0.2) is 0 Å². The molecule has 0 aromatic heterocycles. The van der Waals surface area contributed by atoms with Crippen LogP contribution in [0.3, 0.4) is 0 Å². The first-order chi connectivity index (χ1) is 5.63. The second kappa shape index (κ2) is 3.85. The lowest BCUT2D eigenvalue weighted by Crippen LogP contribution is -2.20.